The molecule has 0 aliphatic rings. The van der Waals surface area contributed by atoms with Crippen LogP contribution in [-0.4, -0.2) is 15.3 Å². The van der Waals surface area contributed by atoms with E-state index in [2.05, 4.69) is 6.92 Å². The minimum absolute atomic E-state index is 0.0522. The first-order valence-electron chi connectivity index (χ1n) is 4.89. The predicted molar refractivity (Wildman–Crippen MR) is 54.7 cm³/mol. The third-order valence-corrected chi connectivity index (χ3v) is 2.27. The first kappa shape index (κ1) is 10.7. The minimum atomic E-state index is -0.193. The molecule has 1 rings (SSSR count). The summed E-state index contributed by atoms with van der Waals surface area (Å²) in [5, 5.41) is 28.1. The Bertz CT molecular complexity index is 308. The predicted octanol–water partition coefficient (Wildman–Crippen LogP) is 2.54. The summed E-state index contributed by atoms with van der Waals surface area (Å²) in [4.78, 5) is 0. The highest BCUT2D eigenvalue weighted by molar-refractivity contribution is 5.51. The summed E-state index contributed by atoms with van der Waals surface area (Å²) in [6, 6.07) is 2.68. The van der Waals surface area contributed by atoms with Crippen LogP contribution in [0.15, 0.2) is 12.1 Å². The lowest BCUT2D eigenvalue weighted by atomic mass is 10.0. The molecular weight excluding hydrogens is 180 g/mol. The normalized spacial score (nSPS) is 10.4. The second-order valence-electron chi connectivity index (χ2n) is 3.39. The average Bonchev–Trinajstić information content (AvgIpc) is 2.18. The summed E-state index contributed by atoms with van der Waals surface area (Å²) in [6.45, 7) is 2.09. The Balaban J connectivity index is 2.79. The van der Waals surface area contributed by atoms with Crippen LogP contribution < -0.4 is 0 Å². The van der Waals surface area contributed by atoms with Crippen LogP contribution >= 0.6 is 0 Å². The Hall–Kier alpha value is -1.38. The summed E-state index contributed by atoms with van der Waals surface area (Å²) < 4.78 is 0. The molecule has 14 heavy (non-hydrogen) atoms. The highest BCUT2D eigenvalue weighted by atomic mass is 16.3. The van der Waals surface area contributed by atoms with E-state index in [1.54, 1.807) is 0 Å². The van der Waals surface area contributed by atoms with Gasteiger partial charge in [-0.15, -0.1) is 0 Å². The van der Waals surface area contributed by atoms with Gasteiger partial charge in [-0.1, -0.05) is 19.8 Å². The Morgan fingerprint density at radius 3 is 2.29 bits per heavy atom. The second-order valence-corrected chi connectivity index (χ2v) is 3.39. The summed E-state index contributed by atoms with van der Waals surface area (Å²) in [5.41, 5.74) is 0.443. The molecule has 3 N–H and O–H groups in total. The number of phenols is 3. The smallest absolute Gasteiger partial charge is 0.164 e. The minimum Gasteiger partial charge on any atom is -0.508 e. The largest absolute Gasteiger partial charge is 0.508 e. The van der Waals surface area contributed by atoms with Crippen molar-refractivity contribution in [1.29, 1.82) is 0 Å². The van der Waals surface area contributed by atoms with Crippen molar-refractivity contribution in [3.05, 3.63) is 17.7 Å². The molecule has 0 heterocycles. The molecule has 0 saturated carbocycles. The topological polar surface area (TPSA) is 60.7 Å². The van der Waals surface area contributed by atoms with Gasteiger partial charge in [-0.25, -0.2) is 0 Å². The molecule has 3 nitrogen and oxygen atoms in total. The van der Waals surface area contributed by atoms with Gasteiger partial charge in [0, 0.05) is 5.56 Å². The van der Waals surface area contributed by atoms with E-state index >= 15 is 0 Å². The standard InChI is InChI=1S/C11H16O3/c1-2-3-4-5-8-9(12)6-7-10(13)11(8)14/h6-7,12-14H,2-5H2,1H3. The van der Waals surface area contributed by atoms with E-state index in [-0.39, 0.29) is 17.2 Å². The lowest BCUT2D eigenvalue weighted by Crippen LogP contribution is -1.88. The number of aromatic hydroxyl groups is 3. The van der Waals surface area contributed by atoms with E-state index in [4.69, 9.17) is 0 Å². The van der Waals surface area contributed by atoms with Crippen LogP contribution in [0.25, 0.3) is 0 Å². The van der Waals surface area contributed by atoms with Gasteiger partial charge in [0.2, 0.25) is 0 Å². The third kappa shape index (κ3) is 2.31. The Labute approximate surface area is 83.6 Å². The molecule has 0 aliphatic carbocycles. The first-order chi connectivity index (χ1) is 6.66. The first-order valence-corrected chi connectivity index (χ1v) is 4.89. The van der Waals surface area contributed by atoms with Crippen LogP contribution in [0, 0.1) is 0 Å². The van der Waals surface area contributed by atoms with Crippen LogP contribution in [0.1, 0.15) is 31.7 Å². The molecule has 3 heteroatoms. The maximum absolute atomic E-state index is 9.47. The van der Waals surface area contributed by atoms with E-state index in [0.29, 0.717) is 12.0 Å². The third-order valence-electron chi connectivity index (χ3n) is 2.27. The molecule has 0 saturated heterocycles. The maximum Gasteiger partial charge on any atom is 0.164 e. The molecule has 0 atom stereocenters. The van der Waals surface area contributed by atoms with Gasteiger partial charge in [0.05, 0.1) is 0 Å². The van der Waals surface area contributed by atoms with Gasteiger partial charge in [0.15, 0.2) is 11.5 Å². The van der Waals surface area contributed by atoms with Crippen molar-refractivity contribution in [2.75, 3.05) is 0 Å². The van der Waals surface area contributed by atoms with Crippen LogP contribution in [-0.2, 0) is 6.42 Å². The van der Waals surface area contributed by atoms with Crippen molar-refractivity contribution in [2.24, 2.45) is 0 Å². The van der Waals surface area contributed by atoms with Crippen molar-refractivity contribution in [1.82, 2.24) is 0 Å². The average molecular weight is 196 g/mol. The molecule has 0 fully saturated rings. The number of benzene rings is 1. The lowest BCUT2D eigenvalue weighted by molar-refractivity contribution is 0.388. The quantitative estimate of drug-likeness (QED) is 0.394. The highest BCUT2D eigenvalue weighted by Gasteiger charge is 2.10. The lowest BCUT2D eigenvalue weighted by Gasteiger charge is -2.07. The number of hydrogen-bond donors (Lipinski definition) is 3. The van der Waals surface area contributed by atoms with Gasteiger partial charge in [-0.05, 0) is 25.0 Å². The number of hydrogen-bond acceptors (Lipinski definition) is 3. The molecule has 0 radical (unpaired) electrons. The van der Waals surface area contributed by atoms with E-state index in [9.17, 15) is 15.3 Å². The Morgan fingerprint density at radius 2 is 1.64 bits per heavy atom. The van der Waals surface area contributed by atoms with Crippen molar-refractivity contribution < 1.29 is 15.3 Å². The van der Waals surface area contributed by atoms with Gasteiger partial charge in [0.1, 0.15) is 5.75 Å². The summed E-state index contributed by atoms with van der Waals surface area (Å²) >= 11 is 0. The van der Waals surface area contributed by atoms with Crippen LogP contribution in [0.2, 0.25) is 0 Å². The van der Waals surface area contributed by atoms with Crippen LogP contribution in [0.5, 0.6) is 17.2 Å². The zero-order valence-corrected chi connectivity index (χ0v) is 8.32. The molecule has 0 aliphatic heterocycles. The molecular formula is C11H16O3. The fraction of sp³-hybridized carbons (Fsp3) is 0.455. The second kappa shape index (κ2) is 4.74. The van der Waals surface area contributed by atoms with Gasteiger partial charge >= 0.3 is 0 Å². The molecule has 78 valence electrons. The van der Waals surface area contributed by atoms with Gasteiger partial charge in [-0.2, -0.15) is 0 Å². The van der Waals surface area contributed by atoms with Crippen molar-refractivity contribution in [3.8, 4) is 17.2 Å². The van der Waals surface area contributed by atoms with Gasteiger partial charge < -0.3 is 15.3 Å². The zero-order chi connectivity index (χ0) is 10.6. The number of phenolic OH excluding ortho intramolecular Hbond substituents is 3. The number of rotatable bonds is 4. The zero-order valence-electron chi connectivity index (χ0n) is 8.32. The highest BCUT2D eigenvalue weighted by Crippen LogP contribution is 2.35. The molecule has 0 unspecified atom stereocenters. The Kier molecular flexibility index (Phi) is 3.63. The fourth-order valence-corrected chi connectivity index (χ4v) is 1.41. The molecule has 0 spiro atoms. The van der Waals surface area contributed by atoms with Gasteiger partial charge in [-0.3, -0.25) is 0 Å². The van der Waals surface area contributed by atoms with E-state index in [0.717, 1.165) is 19.3 Å². The van der Waals surface area contributed by atoms with E-state index in [1.165, 1.54) is 12.1 Å². The molecule has 1 aromatic carbocycles. The summed E-state index contributed by atoms with van der Waals surface area (Å²) in [5.74, 6) is -0.313. The summed E-state index contributed by atoms with van der Waals surface area (Å²) in [6.07, 6.45) is 3.63. The summed E-state index contributed by atoms with van der Waals surface area (Å²) in [7, 11) is 0. The monoisotopic (exact) mass is 196 g/mol. The molecule has 0 amide bonds. The van der Waals surface area contributed by atoms with Gasteiger partial charge in [0.25, 0.3) is 0 Å². The van der Waals surface area contributed by atoms with Crippen LogP contribution in [0.3, 0.4) is 0 Å². The SMILES string of the molecule is CCCCCc1c(O)ccc(O)c1O. The molecule has 1 aromatic rings. The molecule has 0 bridgehead atoms. The van der Waals surface area contributed by atoms with Crippen LogP contribution in [0.4, 0.5) is 0 Å². The molecule has 0 aromatic heterocycles. The maximum atomic E-state index is 9.47. The number of unbranched alkanes of at least 4 members (excludes halogenated alkanes) is 2. The van der Waals surface area contributed by atoms with E-state index < -0.39 is 0 Å². The van der Waals surface area contributed by atoms with Crippen molar-refractivity contribution in [3.63, 3.8) is 0 Å². The van der Waals surface area contributed by atoms with Crippen molar-refractivity contribution in [2.45, 2.75) is 32.6 Å². The fourth-order valence-electron chi connectivity index (χ4n) is 1.41. The van der Waals surface area contributed by atoms with Crippen molar-refractivity contribution >= 4 is 0 Å². The van der Waals surface area contributed by atoms with E-state index in [1.807, 2.05) is 0 Å². The Morgan fingerprint density at radius 1 is 1.00 bits per heavy atom.